The van der Waals surface area contributed by atoms with Crippen LogP contribution in [0.15, 0.2) is 60.9 Å². The SMILES string of the molecule is COc1ccc(NC(=O)N2CCC(Cc3nncn3Cc3ccccc3)CC2)cc1. The van der Waals surface area contributed by atoms with E-state index >= 15 is 0 Å². The van der Waals surface area contributed by atoms with Crippen molar-refractivity contribution < 1.29 is 9.53 Å². The first-order valence-electron chi connectivity index (χ1n) is 10.3. The second-order valence-electron chi connectivity index (χ2n) is 7.65. The largest absolute Gasteiger partial charge is 0.497 e. The molecular formula is C23H27N5O2. The fraction of sp³-hybridized carbons (Fsp3) is 0.348. The summed E-state index contributed by atoms with van der Waals surface area (Å²) in [4.78, 5) is 14.4. The normalized spacial score (nSPS) is 14.5. The first kappa shape index (κ1) is 19.9. The Kier molecular flexibility index (Phi) is 6.27. The van der Waals surface area contributed by atoms with Gasteiger partial charge >= 0.3 is 6.03 Å². The van der Waals surface area contributed by atoms with E-state index in [1.165, 1.54) is 5.56 Å². The minimum atomic E-state index is -0.0501. The number of methoxy groups -OCH3 is 1. The molecule has 0 unspecified atom stereocenters. The number of ether oxygens (including phenoxy) is 1. The molecule has 0 atom stereocenters. The second-order valence-corrected chi connectivity index (χ2v) is 7.65. The van der Waals surface area contributed by atoms with E-state index in [9.17, 15) is 4.79 Å². The molecular weight excluding hydrogens is 378 g/mol. The van der Waals surface area contributed by atoms with Gasteiger partial charge in [-0.15, -0.1) is 10.2 Å². The molecule has 0 saturated carbocycles. The maximum atomic E-state index is 12.6. The van der Waals surface area contributed by atoms with Crippen molar-refractivity contribution in [2.75, 3.05) is 25.5 Å². The summed E-state index contributed by atoms with van der Waals surface area (Å²) in [6.45, 7) is 2.28. The molecule has 1 aliphatic rings. The molecule has 1 aromatic heterocycles. The average Bonchev–Trinajstić information content (AvgIpc) is 3.22. The molecule has 3 aromatic rings. The number of rotatable bonds is 6. The topological polar surface area (TPSA) is 72.3 Å². The van der Waals surface area contributed by atoms with Crippen LogP contribution in [0.5, 0.6) is 5.75 Å². The summed E-state index contributed by atoms with van der Waals surface area (Å²) in [7, 11) is 1.63. The summed E-state index contributed by atoms with van der Waals surface area (Å²) in [5.41, 5.74) is 2.01. The number of nitrogens with zero attached hydrogens (tertiary/aromatic N) is 4. The Bertz CT molecular complexity index is 947. The average molecular weight is 406 g/mol. The number of carbonyl (C=O) groups is 1. The van der Waals surface area contributed by atoms with Gasteiger partial charge in [0.1, 0.15) is 17.9 Å². The highest BCUT2D eigenvalue weighted by molar-refractivity contribution is 5.89. The summed E-state index contributed by atoms with van der Waals surface area (Å²) >= 11 is 0. The van der Waals surface area contributed by atoms with Crippen LogP contribution in [0.4, 0.5) is 10.5 Å². The van der Waals surface area contributed by atoms with Crippen LogP contribution in [0.25, 0.3) is 0 Å². The van der Waals surface area contributed by atoms with E-state index in [0.29, 0.717) is 5.92 Å². The maximum absolute atomic E-state index is 12.6. The molecule has 2 amide bonds. The molecule has 1 saturated heterocycles. The lowest BCUT2D eigenvalue weighted by Crippen LogP contribution is -2.41. The Morgan fingerprint density at radius 2 is 1.83 bits per heavy atom. The van der Waals surface area contributed by atoms with Gasteiger partial charge in [0.15, 0.2) is 0 Å². The highest BCUT2D eigenvalue weighted by Gasteiger charge is 2.24. The minimum absolute atomic E-state index is 0.0501. The Balaban J connectivity index is 1.28. The summed E-state index contributed by atoms with van der Waals surface area (Å²) < 4.78 is 7.28. The molecule has 7 nitrogen and oxygen atoms in total. The number of likely N-dealkylation sites (tertiary alicyclic amines) is 1. The number of hydrogen-bond donors (Lipinski definition) is 1. The molecule has 2 heterocycles. The van der Waals surface area contributed by atoms with Gasteiger partial charge in [-0.05, 0) is 48.6 Å². The molecule has 0 aliphatic carbocycles. The van der Waals surface area contributed by atoms with E-state index in [0.717, 1.165) is 56.2 Å². The van der Waals surface area contributed by atoms with Gasteiger partial charge < -0.3 is 19.5 Å². The number of carbonyl (C=O) groups excluding carboxylic acids is 1. The number of benzene rings is 2. The molecule has 30 heavy (non-hydrogen) atoms. The maximum Gasteiger partial charge on any atom is 0.321 e. The quantitative estimate of drug-likeness (QED) is 0.677. The number of urea groups is 1. The molecule has 0 bridgehead atoms. The number of piperidine rings is 1. The molecule has 0 spiro atoms. The van der Waals surface area contributed by atoms with E-state index in [4.69, 9.17) is 4.74 Å². The second kappa shape index (κ2) is 9.43. The van der Waals surface area contributed by atoms with Gasteiger partial charge in [-0.3, -0.25) is 0 Å². The van der Waals surface area contributed by atoms with Crippen LogP contribution >= 0.6 is 0 Å². The van der Waals surface area contributed by atoms with E-state index in [2.05, 4.69) is 32.2 Å². The van der Waals surface area contributed by atoms with Crippen molar-refractivity contribution in [3.05, 3.63) is 72.3 Å². The molecule has 1 aliphatic heterocycles. The van der Waals surface area contributed by atoms with E-state index in [1.807, 2.05) is 47.4 Å². The third-order valence-electron chi connectivity index (χ3n) is 5.61. The van der Waals surface area contributed by atoms with Gasteiger partial charge in [0.25, 0.3) is 0 Å². The third kappa shape index (κ3) is 4.97. The number of nitrogens with one attached hydrogen (secondary N) is 1. The fourth-order valence-corrected chi connectivity index (χ4v) is 3.82. The van der Waals surface area contributed by atoms with E-state index in [1.54, 1.807) is 13.4 Å². The van der Waals surface area contributed by atoms with Crippen LogP contribution in [0.3, 0.4) is 0 Å². The van der Waals surface area contributed by atoms with Crippen LogP contribution < -0.4 is 10.1 Å². The van der Waals surface area contributed by atoms with Crippen LogP contribution in [0.2, 0.25) is 0 Å². The van der Waals surface area contributed by atoms with Gasteiger partial charge in [0, 0.05) is 25.2 Å². The van der Waals surface area contributed by atoms with Crippen molar-refractivity contribution >= 4 is 11.7 Å². The third-order valence-corrected chi connectivity index (χ3v) is 5.61. The molecule has 156 valence electrons. The van der Waals surface area contributed by atoms with Gasteiger partial charge in [-0.25, -0.2) is 4.79 Å². The van der Waals surface area contributed by atoms with Crippen molar-refractivity contribution in [3.63, 3.8) is 0 Å². The first-order chi connectivity index (χ1) is 14.7. The first-order valence-corrected chi connectivity index (χ1v) is 10.3. The number of hydrogen-bond acceptors (Lipinski definition) is 4. The monoisotopic (exact) mass is 405 g/mol. The van der Waals surface area contributed by atoms with Gasteiger partial charge in [0.05, 0.1) is 13.7 Å². The van der Waals surface area contributed by atoms with Crippen molar-refractivity contribution in [1.29, 1.82) is 0 Å². The predicted octanol–water partition coefficient (Wildman–Crippen LogP) is 3.82. The molecule has 7 heteroatoms. The zero-order valence-corrected chi connectivity index (χ0v) is 17.2. The molecule has 1 fully saturated rings. The summed E-state index contributed by atoms with van der Waals surface area (Å²) in [6, 6.07) is 17.7. The summed E-state index contributed by atoms with van der Waals surface area (Å²) in [5.74, 6) is 2.29. The zero-order valence-electron chi connectivity index (χ0n) is 17.2. The van der Waals surface area contributed by atoms with Crippen LogP contribution in [-0.4, -0.2) is 45.9 Å². The van der Waals surface area contributed by atoms with Crippen molar-refractivity contribution in [2.45, 2.75) is 25.8 Å². The Morgan fingerprint density at radius 1 is 1.10 bits per heavy atom. The van der Waals surface area contributed by atoms with Crippen molar-refractivity contribution in [2.24, 2.45) is 5.92 Å². The van der Waals surface area contributed by atoms with Gasteiger partial charge in [-0.1, -0.05) is 30.3 Å². The zero-order chi connectivity index (χ0) is 20.8. The predicted molar refractivity (Wildman–Crippen MR) is 116 cm³/mol. The smallest absolute Gasteiger partial charge is 0.321 e. The standard InChI is InChI=1S/C23H27N5O2/c1-30-21-9-7-20(8-10-21)25-23(29)27-13-11-18(12-14-27)15-22-26-24-17-28(22)16-19-5-3-2-4-6-19/h2-10,17-18H,11-16H2,1H3,(H,25,29). The summed E-state index contributed by atoms with van der Waals surface area (Å²) in [6.07, 6.45) is 4.63. The van der Waals surface area contributed by atoms with E-state index < -0.39 is 0 Å². The van der Waals surface area contributed by atoms with Crippen molar-refractivity contribution in [1.82, 2.24) is 19.7 Å². The van der Waals surface area contributed by atoms with Crippen molar-refractivity contribution in [3.8, 4) is 5.75 Å². The van der Waals surface area contributed by atoms with Crippen LogP contribution in [0.1, 0.15) is 24.2 Å². The number of amides is 2. The molecule has 4 rings (SSSR count). The van der Waals surface area contributed by atoms with Crippen LogP contribution in [0, 0.1) is 5.92 Å². The minimum Gasteiger partial charge on any atom is -0.497 e. The lowest BCUT2D eigenvalue weighted by Gasteiger charge is -2.32. The fourth-order valence-electron chi connectivity index (χ4n) is 3.82. The summed E-state index contributed by atoms with van der Waals surface area (Å²) in [5, 5.41) is 11.4. The molecule has 0 radical (unpaired) electrons. The van der Waals surface area contributed by atoms with Crippen LogP contribution in [-0.2, 0) is 13.0 Å². The highest BCUT2D eigenvalue weighted by atomic mass is 16.5. The number of anilines is 1. The lowest BCUT2D eigenvalue weighted by atomic mass is 9.93. The van der Waals surface area contributed by atoms with E-state index in [-0.39, 0.29) is 6.03 Å². The Labute approximate surface area is 176 Å². The Morgan fingerprint density at radius 3 is 2.53 bits per heavy atom. The number of aromatic nitrogens is 3. The molecule has 1 N–H and O–H groups in total. The highest BCUT2D eigenvalue weighted by Crippen LogP contribution is 2.22. The lowest BCUT2D eigenvalue weighted by molar-refractivity contribution is 0.181. The van der Waals surface area contributed by atoms with Gasteiger partial charge in [-0.2, -0.15) is 0 Å². The molecule has 2 aromatic carbocycles. The van der Waals surface area contributed by atoms with Gasteiger partial charge in [0.2, 0.25) is 0 Å². The Hall–Kier alpha value is -3.35.